The van der Waals surface area contributed by atoms with Gasteiger partial charge in [-0.05, 0) is 75.5 Å². The van der Waals surface area contributed by atoms with Crippen LogP contribution in [0.2, 0.25) is 0 Å². The molecule has 1 aliphatic heterocycles. The topological polar surface area (TPSA) is 132 Å². The fraction of sp³-hybridized carbons (Fsp3) is 0.962. The first kappa shape index (κ1) is 33.2. The molecule has 0 radical (unpaired) electrons. The smallest absolute Gasteiger partial charge is 0.311 e. The minimum atomic E-state index is -1.39. The summed E-state index contributed by atoms with van der Waals surface area (Å²) in [5.41, 5.74) is -2.66. The molecule has 0 bridgehead atoms. The summed E-state index contributed by atoms with van der Waals surface area (Å²) < 4.78 is 17.1. The average Bonchev–Trinajstić information content (AvgIpc) is 2.78. The highest BCUT2D eigenvalue weighted by Gasteiger charge is 2.41. The molecule has 10 heteroatoms. The van der Waals surface area contributed by atoms with E-state index in [-0.39, 0.29) is 31.0 Å². The van der Waals surface area contributed by atoms with E-state index >= 15 is 0 Å². The highest BCUT2D eigenvalue weighted by atomic mass is 16.7. The summed E-state index contributed by atoms with van der Waals surface area (Å²) in [6.07, 6.45) is -1.77. The van der Waals surface area contributed by atoms with Gasteiger partial charge in [-0.25, -0.2) is 0 Å². The number of esters is 1. The number of hydrogen-bond donors (Lipinski definition) is 4. The van der Waals surface area contributed by atoms with Gasteiger partial charge >= 0.3 is 5.97 Å². The molecule has 1 saturated heterocycles. The molecule has 1 heterocycles. The zero-order valence-electron chi connectivity index (χ0n) is 24.0. The second-order valence-electron chi connectivity index (χ2n) is 11.6. The van der Waals surface area contributed by atoms with Crippen LogP contribution in [0.5, 0.6) is 0 Å². The Balaban J connectivity index is 3.04. The number of likely N-dealkylation sites (N-methyl/N-ethyl adjacent to an activating group) is 1. The Bertz CT molecular complexity index is 669. The van der Waals surface area contributed by atoms with Crippen LogP contribution in [0.1, 0.15) is 67.2 Å². The van der Waals surface area contributed by atoms with Gasteiger partial charge in [0.25, 0.3) is 0 Å². The molecule has 214 valence electrons. The van der Waals surface area contributed by atoms with Crippen LogP contribution in [0.3, 0.4) is 0 Å². The number of aliphatic hydroxyl groups is 4. The number of carbonyl (C=O) groups excluding carboxylic acids is 1. The Hall–Kier alpha value is -0.850. The van der Waals surface area contributed by atoms with E-state index in [1.54, 1.807) is 27.7 Å². The Labute approximate surface area is 217 Å². The standard InChI is InChI=1S/C26H52N2O8/c1-16-13-19(27(7)8)14-22(35-16)36-21(15-20(29)17(2)24(31)34-10)26(6,33)11-12-28(9)18(3)23(30)25(4,5)32/h16-23,29-30,32-33H,11-15H2,1-10H3/t16?,17?,18?,19?,20-,21+,22?,23?,26+/m0/s1. The van der Waals surface area contributed by atoms with Crippen LogP contribution in [-0.2, 0) is 19.0 Å². The molecule has 0 aromatic heterocycles. The molecule has 36 heavy (non-hydrogen) atoms. The molecule has 0 amide bonds. The van der Waals surface area contributed by atoms with Crippen LogP contribution in [0, 0.1) is 5.92 Å². The van der Waals surface area contributed by atoms with E-state index in [2.05, 4.69) is 4.90 Å². The van der Waals surface area contributed by atoms with Gasteiger partial charge in [0, 0.05) is 31.5 Å². The molecular weight excluding hydrogens is 468 g/mol. The fourth-order valence-corrected chi connectivity index (χ4v) is 4.59. The van der Waals surface area contributed by atoms with Crippen molar-refractivity contribution >= 4 is 5.97 Å². The summed E-state index contributed by atoms with van der Waals surface area (Å²) in [5, 5.41) is 43.0. The van der Waals surface area contributed by atoms with Gasteiger partial charge in [0.1, 0.15) is 0 Å². The normalized spacial score (nSPS) is 27.3. The maximum absolute atomic E-state index is 12.0. The molecule has 0 spiro atoms. The number of ether oxygens (including phenoxy) is 3. The van der Waals surface area contributed by atoms with Crippen molar-refractivity contribution in [2.45, 2.75) is 121 Å². The van der Waals surface area contributed by atoms with E-state index in [1.807, 2.05) is 39.9 Å². The third-order valence-electron chi connectivity index (χ3n) is 7.64. The SMILES string of the molecule is COC(=O)C(C)[C@@H](O)C[C@@H](OC1CC(N(C)C)CC(C)O1)[C@](C)(O)CCN(C)C(C)C(O)C(C)(C)O. The molecule has 4 N–H and O–H groups in total. The predicted molar refractivity (Wildman–Crippen MR) is 137 cm³/mol. The van der Waals surface area contributed by atoms with Gasteiger partial charge in [-0.1, -0.05) is 0 Å². The zero-order valence-corrected chi connectivity index (χ0v) is 24.0. The van der Waals surface area contributed by atoms with Crippen molar-refractivity contribution in [1.29, 1.82) is 0 Å². The molecule has 1 aliphatic rings. The maximum atomic E-state index is 12.0. The number of methoxy groups -OCH3 is 1. The lowest BCUT2D eigenvalue weighted by molar-refractivity contribution is -0.255. The Morgan fingerprint density at radius 2 is 1.69 bits per heavy atom. The molecule has 1 fully saturated rings. The third kappa shape index (κ3) is 9.79. The molecule has 0 aromatic carbocycles. The van der Waals surface area contributed by atoms with Gasteiger partial charge in [0.15, 0.2) is 6.29 Å². The zero-order chi connectivity index (χ0) is 28.0. The summed E-state index contributed by atoms with van der Waals surface area (Å²) in [5.74, 6) is -1.33. The van der Waals surface area contributed by atoms with Crippen LogP contribution in [0.4, 0.5) is 0 Å². The molecule has 0 aromatic rings. The summed E-state index contributed by atoms with van der Waals surface area (Å²) >= 11 is 0. The molecule has 9 atom stereocenters. The Morgan fingerprint density at radius 3 is 2.19 bits per heavy atom. The number of rotatable bonds is 14. The van der Waals surface area contributed by atoms with E-state index in [9.17, 15) is 25.2 Å². The first-order chi connectivity index (χ1) is 16.4. The van der Waals surface area contributed by atoms with Crippen molar-refractivity contribution in [3.05, 3.63) is 0 Å². The minimum Gasteiger partial charge on any atom is -0.469 e. The average molecular weight is 521 g/mol. The van der Waals surface area contributed by atoms with Crippen molar-refractivity contribution in [3.63, 3.8) is 0 Å². The molecule has 6 unspecified atom stereocenters. The van der Waals surface area contributed by atoms with Crippen molar-refractivity contribution in [1.82, 2.24) is 9.80 Å². The largest absolute Gasteiger partial charge is 0.469 e. The third-order valence-corrected chi connectivity index (χ3v) is 7.64. The number of hydrogen-bond acceptors (Lipinski definition) is 10. The van der Waals surface area contributed by atoms with E-state index in [4.69, 9.17) is 14.2 Å². The van der Waals surface area contributed by atoms with Crippen LogP contribution in [0.15, 0.2) is 0 Å². The van der Waals surface area contributed by atoms with Crippen LogP contribution in [0.25, 0.3) is 0 Å². The van der Waals surface area contributed by atoms with Crippen molar-refractivity contribution < 1.29 is 39.4 Å². The summed E-state index contributed by atoms with van der Waals surface area (Å²) in [6, 6.07) is -0.118. The highest BCUT2D eigenvalue weighted by Crippen LogP contribution is 2.31. The van der Waals surface area contributed by atoms with E-state index < -0.39 is 47.7 Å². The quantitative estimate of drug-likeness (QED) is 0.246. The van der Waals surface area contributed by atoms with Gasteiger partial charge in [-0.15, -0.1) is 0 Å². The van der Waals surface area contributed by atoms with Crippen molar-refractivity contribution in [2.24, 2.45) is 5.92 Å². The van der Waals surface area contributed by atoms with Crippen LogP contribution < -0.4 is 0 Å². The molecule has 0 saturated carbocycles. The highest BCUT2D eigenvalue weighted by molar-refractivity contribution is 5.72. The predicted octanol–water partition coefficient (Wildman–Crippen LogP) is 0.980. The summed E-state index contributed by atoms with van der Waals surface area (Å²) in [4.78, 5) is 16.0. The second-order valence-corrected chi connectivity index (χ2v) is 11.6. The Kier molecular flexibility index (Phi) is 12.7. The minimum absolute atomic E-state index is 0.00963. The monoisotopic (exact) mass is 520 g/mol. The summed E-state index contributed by atoms with van der Waals surface area (Å²) in [6.45, 7) is 10.5. The molecule has 10 nitrogen and oxygen atoms in total. The first-order valence-electron chi connectivity index (χ1n) is 13.0. The summed E-state index contributed by atoms with van der Waals surface area (Å²) in [7, 11) is 7.10. The lowest BCUT2D eigenvalue weighted by Gasteiger charge is -2.42. The van der Waals surface area contributed by atoms with E-state index in [1.165, 1.54) is 7.11 Å². The van der Waals surface area contributed by atoms with Crippen molar-refractivity contribution in [2.75, 3.05) is 34.8 Å². The van der Waals surface area contributed by atoms with Crippen LogP contribution >= 0.6 is 0 Å². The molecule has 0 aliphatic carbocycles. The van der Waals surface area contributed by atoms with E-state index in [0.29, 0.717) is 13.0 Å². The van der Waals surface area contributed by atoms with Crippen LogP contribution in [-0.4, -0.2) is 125 Å². The number of nitrogens with zero attached hydrogens (tertiary/aromatic N) is 2. The fourth-order valence-electron chi connectivity index (χ4n) is 4.59. The van der Waals surface area contributed by atoms with Gasteiger partial charge in [-0.2, -0.15) is 0 Å². The lowest BCUT2D eigenvalue weighted by Crippen LogP contribution is -2.53. The van der Waals surface area contributed by atoms with Gasteiger partial charge < -0.3 is 44.4 Å². The number of carbonyl (C=O) groups is 1. The second kappa shape index (κ2) is 13.8. The number of aliphatic hydroxyl groups excluding tert-OH is 2. The van der Waals surface area contributed by atoms with E-state index in [0.717, 1.165) is 6.42 Å². The first-order valence-corrected chi connectivity index (χ1v) is 13.0. The van der Waals surface area contributed by atoms with Gasteiger partial charge in [-0.3, -0.25) is 4.79 Å². The lowest BCUT2D eigenvalue weighted by atomic mass is 9.87. The Morgan fingerprint density at radius 1 is 1.11 bits per heavy atom. The van der Waals surface area contributed by atoms with Crippen molar-refractivity contribution in [3.8, 4) is 0 Å². The van der Waals surface area contributed by atoms with Gasteiger partial charge in [0.05, 0.1) is 48.6 Å². The maximum Gasteiger partial charge on any atom is 0.311 e. The molecular formula is C26H52N2O8. The van der Waals surface area contributed by atoms with Gasteiger partial charge in [0.2, 0.25) is 0 Å². The molecule has 1 rings (SSSR count).